The number of ether oxygens (including phenoxy) is 1. The second-order valence-corrected chi connectivity index (χ2v) is 5.01. The van der Waals surface area contributed by atoms with Gasteiger partial charge in [-0.1, -0.05) is 0 Å². The number of rotatable bonds is 5. The first kappa shape index (κ1) is 13.4. The maximum Gasteiger partial charge on any atom is 0.203 e. The van der Waals surface area contributed by atoms with Crippen LogP contribution in [0, 0.1) is 0 Å². The number of hydrogen-bond acceptors (Lipinski definition) is 6. The fourth-order valence-corrected chi connectivity index (χ4v) is 2.40. The van der Waals surface area contributed by atoms with Crippen molar-refractivity contribution in [3.8, 4) is 17.0 Å². The molecule has 1 aromatic carbocycles. The molecule has 0 unspecified atom stereocenters. The molecule has 0 aliphatic heterocycles. The summed E-state index contributed by atoms with van der Waals surface area (Å²) in [5.74, 6) is 1.52. The average molecular weight is 299 g/mol. The van der Waals surface area contributed by atoms with Gasteiger partial charge in [0.25, 0.3) is 0 Å². The Morgan fingerprint density at radius 1 is 1.29 bits per heavy atom. The van der Waals surface area contributed by atoms with Crippen LogP contribution in [0.1, 0.15) is 5.76 Å². The number of thiazole rings is 1. The van der Waals surface area contributed by atoms with E-state index in [4.69, 9.17) is 9.15 Å². The number of aromatic nitrogens is 1. The SMILES string of the molecule is COc1ccc(-c2csc(N/N=C/c3ccco3)n2)cc1. The van der Waals surface area contributed by atoms with Crippen LogP contribution in [0.25, 0.3) is 11.3 Å². The van der Waals surface area contributed by atoms with Crippen LogP contribution >= 0.6 is 11.3 Å². The molecule has 21 heavy (non-hydrogen) atoms. The molecule has 0 bridgehead atoms. The van der Waals surface area contributed by atoms with Crippen LogP contribution in [0.5, 0.6) is 5.75 Å². The number of hydrazone groups is 1. The normalized spacial score (nSPS) is 10.9. The van der Waals surface area contributed by atoms with E-state index in [1.807, 2.05) is 41.8 Å². The highest BCUT2D eigenvalue weighted by Crippen LogP contribution is 2.26. The van der Waals surface area contributed by atoms with Crippen molar-refractivity contribution in [2.24, 2.45) is 5.10 Å². The van der Waals surface area contributed by atoms with E-state index >= 15 is 0 Å². The first-order valence-electron chi connectivity index (χ1n) is 6.28. The summed E-state index contributed by atoms with van der Waals surface area (Å²) in [6, 6.07) is 11.4. The van der Waals surface area contributed by atoms with E-state index in [1.54, 1.807) is 19.6 Å². The van der Waals surface area contributed by atoms with E-state index < -0.39 is 0 Å². The highest BCUT2D eigenvalue weighted by atomic mass is 32.1. The van der Waals surface area contributed by atoms with Crippen LogP contribution < -0.4 is 10.2 Å². The zero-order valence-electron chi connectivity index (χ0n) is 11.3. The van der Waals surface area contributed by atoms with Gasteiger partial charge in [-0.05, 0) is 36.4 Å². The quantitative estimate of drug-likeness (QED) is 0.574. The summed E-state index contributed by atoms with van der Waals surface area (Å²) in [6.45, 7) is 0. The van der Waals surface area contributed by atoms with Crippen LogP contribution in [-0.2, 0) is 0 Å². The molecule has 3 aromatic rings. The van der Waals surface area contributed by atoms with E-state index in [-0.39, 0.29) is 0 Å². The van der Waals surface area contributed by atoms with Crippen molar-refractivity contribution in [3.05, 3.63) is 53.8 Å². The third kappa shape index (κ3) is 3.29. The fraction of sp³-hybridized carbons (Fsp3) is 0.0667. The number of furan rings is 1. The Morgan fingerprint density at radius 3 is 2.86 bits per heavy atom. The number of methoxy groups -OCH3 is 1. The van der Waals surface area contributed by atoms with Gasteiger partial charge < -0.3 is 9.15 Å². The largest absolute Gasteiger partial charge is 0.497 e. The van der Waals surface area contributed by atoms with Crippen molar-refractivity contribution in [3.63, 3.8) is 0 Å². The topological polar surface area (TPSA) is 59.6 Å². The van der Waals surface area contributed by atoms with Crippen LogP contribution in [0.4, 0.5) is 5.13 Å². The lowest BCUT2D eigenvalue weighted by molar-refractivity contribution is 0.415. The minimum atomic E-state index is 0.689. The summed E-state index contributed by atoms with van der Waals surface area (Å²) in [6.07, 6.45) is 3.21. The molecule has 3 rings (SSSR count). The molecule has 0 spiro atoms. The summed E-state index contributed by atoms with van der Waals surface area (Å²) in [7, 11) is 1.65. The van der Waals surface area contributed by atoms with Gasteiger partial charge in [0.05, 0.1) is 25.3 Å². The molecule has 0 amide bonds. The van der Waals surface area contributed by atoms with Crippen molar-refractivity contribution in [2.75, 3.05) is 12.5 Å². The molecule has 2 aromatic heterocycles. The van der Waals surface area contributed by atoms with Gasteiger partial charge in [-0.3, -0.25) is 5.43 Å². The number of anilines is 1. The smallest absolute Gasteiger partial charge is 0.203 e. The Labute approximate surface area is 125 Å². The van der Waals surface area contributed by atoms with Gasteiger partial charge in [-0.2, -0.15) is 5.10 Å². The highest BCUT2D eigenvalue weighted by Gasteiger charge is 2.04. The summed E-state index contributed by atoms with van der Waals surface area (Å²) < 4.78 is 10.3. The van der Waals surface area contributed by atoms with Gasteiger partial charge in [0, 0.05) is 10.9 Å². The lowest BCUT2D eigenvalue weighted by atomic mass is 10.2. The Kier molecular flexibility index (Phi) is 3.97. The predicted molar refractivity (Wildman–Crippen MR) is 84.0 cm³/mol. The highest BCUT2D eigenvalue weighted by molar-refractivity contribution is 7.14. The molecule has 0 saturated carbocycles. The second-order valence-electron chi connectivity index (χ2n) is 4.15. The molecule has 0 aliphatic rings. The van der Waals surface area contributed by atoms with Crippen LogP contribution in [0.3, 0.4) is 0 Å². The zero-order valence-corrected chi connectivity index (χ0v) is 12.1. The monoisotopic (exact) mass is 299 g/mol. The number of nitrogens with one attached hydrogen (secondary N) is 1. The zero-order chi connectivity index (χ0) is 14.5. The fourth-order valence-electron chi connectivity index (χ4n) is 1.74. The molecule has 0 aliphatic carbocycles. The molecule has 0 radical (unpaired) electrons. The molecule has 0 fully saturated rings. The van der Waals surface area contributed by atoms with Crippen molar-refractivity contribution >= 4 is 22.7 Å². The van der Waals surface area contributed by atoms with Crippen molar-refractivity contribution in [1.82, 2.24) is 4.98 Å². The maximum atomic E-state index is 5.15. The molecular formula is C15H13N3O2S. The van der Waals surface area contributed by atoms with Crippen LogP contribution in [0.2, 0.25) is 0 Å². The van der Waals surface area contributed by atoms with Gasteiger partial charge in [-0.25, -0.2) is 4.98 Å². The van der Waals surface area contributed by atoms with Gasteiger partial charge in [0.15, 0.2) is 0 Å². The van der Waals surface area contributed by atoms with Gasteiger partial charge in [0.2, 0.25) is 5.13 Å². The molecule has 0 atom stereocenters. The van der Waals surface area contributed by atoms with Crippen LogP contribution in [0.15, 0.2) is 57.6 Å². The van der Waals surface area contributed by atoms with Crippen molar-refractivity contribution < 1.29 is 9.15 Å². The van der Waals surface area contributed by atoms with E-state index in [9.17, 15) is 0 Å². The Hall–Kier alpha value is -2.60. The van der Waals surface area contributed by atoms with Gasteiger partial charge in [-0.15, -0.1) is 11.3 Å². The Bertz CT molecular complexity index is 718. The maximum absolute atomic E-state index is 5.15. The standard InChI is InChI=1S/C15H13N3O2S/c1-19-12-6-4-11(5-7-12)14-10-21-15(17-14)18-16-9-13-3-2-8-20-13/h2-10H,1H3,(H,17,18)/b16-9+. The first-order chi connectivity index (χ1) is 10.3. The third-order valence-electron chi connectivity index (χ3n) is 2.79. The summed E-state index contributed by atoms with van der Waals surface area (Å²) in [5.41, 5.74) is 4.83. The molecular weight excluding hydrogens is 286 g/mol. The molecule has 0 saturated heterocycles. The number of nitrogens with zero attached hydrogens (tertiary/aromatic N) is 2. The van der Waals surface area contributed by atoms with E-state index in [0.717, 1.165) is 22.1 Å². The average Bonchev–Trinajstić information content (AvgIpc) is 3.19. The second kappa shape index (κ2) is 6.23. The van der Waals surface area contributed by atoms with Gasteiger partial charge in [0.1, 0.15) is 11.5 Å². The molecule has 2 heterocycles. The van der Waals surface area contributed by atoms with Crippen molar-refractivity contribution in [1.29, 1.82) is 0 Å². The lowest BCUT2D eigenvalue weighted by Gasteiger charge is -2.00. The number of benzene rings is 1. The molecule has 6 heteroatoms. The summed E-state index contributed by atoms with van der Waals surface area (Å²) in [5, 5.41) is 6.78. The van der Waals surface area contributed by atoms with Gasteiger partial charge >= 0.3 is 0 Å². The van der Waals surface area contributed by atoms with E-state index in [0.29, 0.717) is 5.76 Å². The Morgan fingerprint density at radius 2 is 2.14 bits per heavy atom. The molecule has 5 nitrogen and oxygen atoms in total. The number of hydrogen-bond donors (Lipinski definition) is 1. The predicted octanol–water partition coefficient (Wildman–Crippen LogP) is 3.86. The first-order valence-corrected chi connectivity index (χ1v) is 7.15. The minimum absolute atomic E-state index is 0.689. The summed E-state index contributed by atoms with van der Waals surface area (Å²) >= 11 is 1.49. The van der Waals surface area contributed by atoms with E-state index in [1.165, 1.54) is 11.3 Å². The minimum Gasteiger partial charge on any atom is -0.497 e. The lowest BCUT2D eigenvalue weighted by Crippen LogP contribution is -1.89. The Balaban J connectivity index is 1.68. The third-order valence-corrected chi connectivity index (χ3v) is 3.53. The molecule has 106 valence electrons. The summed E-state index contributed by atoms with van der Waals surface area (Å²) in [4.78, 5) is 4.48. The molecule has 1 N–H and O–H groups in total. The van der Waals surface area contributed by atoms with E-state index in [2.05, 4.69) is 15.5 Å². The van der Waals surface area contributed by atoms with Crippen molar-refractivity contribution in [2.45, 2.75) is 0 Å². The van der Waals surface area contributed by atoms with Crippen LogP contribution in [-0.4, -0.2) is 18.3 Å².